The first-order chi connectivity index (χ1) is 7.44. The molecular weight excluding hydrogens is 220 g/mol. The Morgan fingerprint density at radius 3 is 2.94 bits per heavy atom. The molecule has 1 fully saturated rings. The number of morpholine rings is 1. The van der Waals surface area contributed by atoms with Crippen molar-refractivity contribution in [2.45, 2.75) is 19.0 Å². The zero-order chi connectivity index (χ0) is 12.2. The van der Waals surface area contributed by atoms with E-state index in [2.05, 4.69) is 4.99 Å². The number of halogens is 2. The number of aliphatic imine (C=N–C) groups is 1. The van der Waals surface area contributed by atoms with Gasteiger partial charge < -0.3 is 20.5 Å². The van der Waals surface area contributed by atoms with Gasteiger partial charge in [-0.05, 0) is 6.92 Å². The maximum atomic E-state index is 12.7. The largest absolute Gasteiger partial charge is 0.390 e. The molecule has 1 aliphatic rings. The molecule has 0 amide bonds. The molecule has 1 heterocycles. The summed E-state index contributed by atoms with van der Waals surface area (Å²) < 4.78 is 30.7. The summed E-state index contributed by atoms with van der Waals surface area (Å²) in [5.41, 5.74) is 5.58. The van der Waals surface area contributed by atoms with E-state index in [-0.39, 0.29) is 12.1 Å². The summed E-state index contributed by atoms with van der Waals surface area (Å²) in [6.07, 6.45) is 0.0147. The molecule has 0 spiro atoms. The molecule has 0 radical (unpaired) electrons. The van der Waals surface area contributed by atoms with Gasteiger partial charge in [-0.25, -0.2) is 13.8 Å². The normalized spacial score (nSPS) is 23.6. The summed E-state index contributed by atoms with van der Waals surface area (Å²) in [4.78, 5) is 5.28. The van der Waals surface area contributed by atoms with E-state index >= 15 is 0 Å². The van der Waals surface area contributed by atoms with Gasteiger partial charge in [0.2, 0.25) is 0 Å². The Morgan fingerprint density at radius 2 is 2.38 bits per heavy atom. The maximum Gasteiger partial charge on any atom is 0.289 e. The molecule has 0 aromatic heterocycles. The van der Waals surface area contributed by atoms with Gasteiger partial charge in [-0.1, -0.05) is 0 Å². The number of aliphatic hydroxyl groups excluding tert-OH is 1. The Bertz CT molecular complexity index is 261. The van der Waals surface area contributed by atoms with E-state index in [0.717, 1.165) is 0 Å². The van der Waals surface area contributed by atoms with Crippen LogP contribution in [0.2, 0.25) is 0 Å². The summed E-state index contributed by atoms with van der Waals surface area (Å²) in [6.45, 7) is 1.46. The first kappa shape index (κ1) is 13.1. The van der Waals surface area contributed by atoms with Gasteiger partial charge in [0.25, 0.3) is 5.92 Å². The summed E-state index contributed by atoms with van der Waals surface area (Å²) in [5, 5.41) is 8.37. The highest BCUT2D eigenvalue weighted by molar-refractivity contribution is 5.78. The van der Waals surface area contributed by atoms with Crippen LogP contribution in [-0.4, -0.2) is 60.8 Å². The molecule has 1 rings (SSSR count). The molecule has 94 valence electrons. The van der Waals surface area contributed by atoms with Crippen molar-refractivity contribution in [2.24, 2.45) is 10.7 Å². The molecule has 0 aromatic carbocycles. The quantitative estimate of drug-likeness (QED) is 0.520. The molecule has 0 bridgehead atoms. The predicted molar refractivity (Wildman–Crippen MR) is 55.5 cm³/mol. The Kier molecular flexibility index (Phi) is 4.43. The van der Waals surface area contributed by atoms with Gasteiger partial charge in [0.05, 0.1) is 12.7 Å². The van der Waals surface area contributed by atoms with Crippen LogP contribution in [-0.2, 0) is 4.74 Å². The fourth-order valence-corrected chi connectivity index (χ4v) is 1.37. The molecule has 0 saturated carbocycles. The fourth-order valence-electron chi connectivity index (χ4n) is 1.37. The van der Waals surface area contributed by atoms with Crippen molar-refractivity contribution in [3.8, 4) is 0 Å². The zero-order valence-corrected chi connectivity index (χ0v) is 9.20. The van der Waals surface area contributed by atoms with E-state index < -0.39 is 19.1 Å². The third-order valence-corrected chi connectivity index (χ3v) is 2.27. The number of rotatable bonds is 3. The van der Waals surface area contributed by atoms with E-state index in [4.69, 9.17) is 15.6 Å². The highest BCUT2D eigenvalue weighted by Gasteiger charge is 2.28. The Hall–Kier alpha value is -0.950. The molecule has 0 aromatic rings. The van der Waals surface area contributed by atoms with Crippen LogP contribution in [0.25, 0.3) is 0 Å². The maximum absolute atomic E-state index is 12.7. The summed E-state index contributed by atoms with van der Waals surface area (Å²) >= 11 is 0. The van der Waals surface area contributed by atoms with Crippen LogP contribution >= 0.6 is 0 Å². The van der Waals surface area contributed by atoms with Crippen molar-refractivity contribution in [3.63, 3.8) is 0 Å². The van der Waals surface area contributed by atoms with E-state index in [1.54, 1.807) is 4.90 Å². The summed E-state index contributed by atoms with van der Waals surface area (Å²) in [5.74, 6) is -3.13. The summed E-state index contributed by atoms with van der Waals surface area (Å²) in [6, 6.07) is 0. The number of nitrogens with two attached hydrogens (primary N) is 1. The fraction of sp³-hybridized carbons (Fsp3) is 0.889. The Balaban J connectivity index is 2.49. The highest BCUT2D eigenvalue weighted by atomic mass is 19.3. The van der Waals surface area contributed by atoms with Crippen LogP contribution in [0.3, 0.4) is 0 Å². The monoisotopic (exact) mass is 237 g/mol. The average molecular weight is 237 g/mol. The molecule has 3 N–H and O–H groups in total. The van der Waals surface area contributed by atoms with E-state index in [1.807, 2.05) is 6.92 Å². The van der Waals surface area contributed by atoms with Crippen molar-refractivity contribution in [3.05, 3.63) is 0 Å². The van der Waals surface area contributed by atoms with Crippen LogP contribution in [0.1, 0.15) is 6.92 Å². The molecule has 0 aliphatic carbocycles. The van der Waals surface area contributed by atoms with Gasteiger partial charge in [0.15, 0.2) is 5.96 Å². The molecule has 16 heavy (non-hydrogen) atoms. The predicted octanol–water partition coefficient (Wildman–Crippen LogP) is -0.351. The van der Waals surface area contributed by atoms with Crippen molar-refractivity contribution in [1.29, 1.82) is 0 Å². The lowest BCUT2D eigenvalue weighted by Crippen LogP contribution is -2.48. The molecule has 1 saturated heterocycles. The standard InChI is InChI=1S/C9H17F2N3O2/c1-7-4-14(2-3-16-7)8(12)13-5-9(10,11)6-15/h7,15H,2-6H2,1H3,(H2,12,13). The van der Waals surface area contributed by atoms with Gasteiger partial charge in [-0.3, -0.25) is 0 Å². The van der Waals surface area contributed by atoms with Crippen molar-refractivity contribution < 1.29 is 18.6 Å². The smallest absolute Gasteiger partial charge is 0.289 e. The van der Waals surface area contributed by atoms with Crippen LogP contribution in [0.15, 0.2) is 4.99 Å². The number of nitrogens with zero attached hydrogens (tertiary/aromatic N) is 2. The number of hydrogen-bond acceptors (Lipinski definition) is 3. The molecule has 1 unspecified atom stereocenters. The molecule has 1 aliphatic heterocycles. The lowest BCUT2D eigenvalue weighted by Gasteiger charge is -2.32. The minimum atomic E-state index is -3.21. The van der Waals surface area contributed by atoms with Crippen LogP contribution in [0.4, 0.5) is 8.78 Å². The van der Waals surface area contributed by atoms with E-state index in [9.17, 15) is 8.78 Å². The first-order valence-corrected chi connectivity index (χ1v) is 5.10. The zero-order valence-electron chi connectivity index (χ0n) is 9.20. The van der Waals surface area contributed by atoms with Crippen molar-refractivity contribution >= 4 is 5.96 Å². The Morgan fingerprint density at radius 1 is 1.69 bits per heavy atom. The number of ether oxygens (including phenoxy) is 1. The second kappa shape index (κ2) is 5.40. The van der Waals surface area contributed by atoms with Crippen molar-refractivity contribution in [2.75, 3.05) is 32.8 Å². The lowest BCUT2D eigenvalue weighted by atomic mass is 10.3. The van der Waals surface area contributed by atoms with Crippen LogP contribution in [0, 0.1) is 0 Å². The van der Waals surface area contributed by atoms with Gasteiger partial charge >= 0.3 is 0 Å². The topological polar surface area (TPSA) is 71.1 Å². The number of hydrogen-bond donors (Lipinski definition) is 2. The van der Waals surface area contributed by atoms with E-state index in [1.165, 1.54) is 0 Å². The van der Waals surface area contributed by atoms with E-state index in [0.29, 0.717) is 19.7 Å². The third kappa shape index (κ3) is 3.90. The number of guanidine groups is 1. The third-order valence-electron chi connectivity index (χ3n) is 2.27. The summed E-state index contributed by atoms with van der Waals surface area (Å²) in [7, 11) is 0. The molecule has 5 nitrogen and oxygen atoms in total. The molecule has 7 heteroatoms. The lowest BCUT2D eigenvalue weighted by molar-refractivity contribution is -0.0408. The number of aliphatic hydroxyl groups is 1. The molecule has 1 atom stereocenters. The second-order valence-electron chi connectivity index (χ2n) is 3.82. The van der Waals surface area contributed by atoms with Gasteiger partial charge in [-0.2, -0.15) is 0 Å². The Labute approximate surface area is 92.9 Å². The van der Waals surface area contributed by atoms with Gasteiger partial charge in [-0.15, -0.1) is 0 Å². The van der Waals surface area contributed by atoms with Crippen LogP contribution in [0.5, 0.6) is 0 Å². The molecular formula is C9H17F2N3O2. The van der Waals surface area contributed by atoms with Crippen molar-refractivity contribution in [1.82, 2.24) is 4.90 Å². The average Bonchev–Trinajstić information content (AvgIpc) is 2.26. The van der Waals surface area contributed by atoms with Crippen LogP contribution < -0.4 is 5.73 Å². The number of alkyl halides is 2. The van der Waals surface area contributed by atoms with Gasteiger partial charge in [0, 0.05) is 13.1 Å². The first-order valence-electron chi connectivity index (χ1n) is 5.10. The minimum Gasteiger partial charge on any atom is -0.390 e. The highest BCUT2D eigenvalue weighted by Crippen LogP contribution is 2.12. The second-order valence-corrected chi connectivity index (χ2v) is 3.82. The van der Waals surface area contributed by atoms with Gasteiger partial charge in [0.1, 0.15) is 13.2 Å². The SMILES string of the molecule is CC1CN(C(N)=NCC(F)(F)CO)CCO1. The minimum absolute atomic E-state index is 0.0147.